The summed E-state index contributed by atoms with van der Waals surface area (Å²) in [5, 5.41) is 21.2. The number of halogens is 4. The third kappa shape index (κ3) is 16.4. The molecule has 408 valence electrons. The van der Waals surface area contributed by atoms with Crippen LogP contribution >= 0.6 is 0 Å². The Morgan fingerprint density at radius 1 is 0.893 bits per heavy atom. The van der Waals surface area contributed by atoms with Gasteiger partial charge in [-0.3, -0.25) is 19.2 Å². The topological polar surface area (TPSA) is 282 Å². The summed E-state index contributed by atoms with van der Waals surface area (Å²) in [4.78, 5) is 85.8. The van der Waals surface area contributed by atoms with Crippen molar-refractivity contribution in [2.24, 2.45) is 34.5 Å². The van der Waals surface area contributed by atoms with Crippen molar-refractivity contribution in [1.29, 1.82) is 0 Å². The average molecular weight is 1050 g/mol. The van der Waals surface area contributed by atoms with Gasteiger partial charge in [-0.1, -0.05) is 58.9 Å². The molecule has 0 spiro atoms. The first kappa shape index (κ1) is 58.8. The van der Waals surface area contributed by atoms with Crippen molar-refractivity contribution in [1.82, 2.24) is 35.3 Å². The number of hydrogen-bond acceptors (Lipinski definition) is 11. The van der Waals surface area contributed by atoms with Crippen LogP contribution < -0.4 is 38.5 Å². The summed E-state index contributed by atoms with van der Waals surface area (Å²) in [6.45, 7) is 9.17. The summed E-state index contributed by atoms with van der Waals surface area (Å²) in [6.07, 6.45) is -2.11. The number of aromatic nitrogens is 2. The lowest BCUT2D eigenvalue weighted by Crippen LogP contribution is -2.57. The molecule has 23 heteroatoms. The van der Waals surface area contributed by atoms with E-state index in [1.807, 2.05) is 0 Å². The van der Waals surface area contributed by atoms with E-state index in [0.717, 1.165) is 23.1 Å². The summed E-state index contributed by atoms with van der Waals surface area (Å²) >= 11 is 0. The Morgan fingerprint density at radius 3 is 2.21 bits per heavy atom. The lowest BCUT2D eigenvalue weighted by atomic mass is 9.84. The molecule has 11 N–H and O–H groups in total. The molecule has 1 aliphatic heterocycles. The van der Waals surface area contributed by atoms with Crippen LogP contribution in [0.4, 0.5) is 32.8 Å². The summed E-state index contributed by atoms with van der Waals surface area (Å²) in [7, 11) is 0. The Morgan fingerprint density at radius 2 is 1.59 bits per heavy atom. The Hall–Kier alpha value is -7.11. The van der Waals surface area contributed by atoms with Gasteiger partial charge < -0.3 is 62.7 Å². The van der Waals surface area contributed by atoms with Crippen LogP contribution in [-0.4, -0.2) is 123 Å². The maximum atomic E-state index is 16.1. The van der Waals surface area contributed by atoms with E-state index in [1.54, 1.807) is 57.4 Å². The average Bonchev–Trinajstić information content (AvgIpc) is 3.92. The molecule has 19 nitrogen and oxygen atoms in total. The van der Waals surface area contributed by atoms with Gasteiger partial charge in [-0.15, -0.1) is 0 Å². The zero-order valence-corrected chi connectivity index (χ0v) is 43.0. The van der Waals surface area contributed by atoms with E-state index in [-0.39, 0.29) is 82.2 Å². The minimum Gasteiger partial charge on any atom is -0.445 e. The lowest BCUT2D eigenvalue weighted by Gasteiger charge is -2.41. The second-order valence-electron chi connectivity index (χ2n) is 20.1. The molecule has 1 fully saturated rings. The van der Waals surface area contributed by atoms with Crippen molar-refractivity contribution in [2.45, 2.75) is 110 Å². The molecule has 1 saturated heterocycles. The fourth-order valence-corrected chi connectivity index (χ4v) is 8.70. The first-order valence-electron chi connectivity index (χ1n) is 24.7. The van der Waals surface area contributed by atoms with Gasteiger partial charge in [-0.2, -0.15) is 0 Å². The van der Waals surface area contributed by atoms with Crippen LogP contribution in [0.5, 0.6) is 0 Å². The number of aliphatic hydroxyl groups is 1. The molecule has 0 saturated carbocycles. The molecule has 7 atom stereocenters. The van der Waals surface area contributed by atoms with E-state index < -0.39 is 107 Å². The van der Waals surface area contributed by atoms with E-state index >= 15 is 8.78 Å². The lowest BCUT2D eigenvalue weighted by molar-refractivity contribution is -0.146. The van der Waals surface area contributed by atoms with Crippen LogP contribution in [0.1, 0.15) is 83.8 Å². The Bertz CT molecular complexity index is 2630. The number of hydrogen-bond donors (Lipinski definition) is 8. The zero-order valence-electron chi connectivity index (χ0n) is 43.0. The highest BCUT2D eigenvalue weighted by molar-refractivity contribution is 5.98. The predicted molar refractivity (Wildman–Crippen MR) is 271 cm³/mol. The van der Waals surface area contributed by atoms with Crippen molar-refractivity contribution in [3.8, 4) is 11.3 Å². The number of nitrogens with two attached hydrogens (primary N) is 3. The fraction of sp³-hybridized carbons (Fsp3) is 0.481. The van der Waals surface area contributed by atoms with Crippen LogP contribution in [0.3, 0.4) is 0 Å². The van der Waals surface area contributed by atoms with E-state index in [2.05, 4.69) is 21.3 Å². The Labute approximate surface area is 433 Å². The van der Waals surface area contributed by atoms with Crippen molar-refractivity contribution >= 4 is 41.4 Å². The number of benzene rings is 3. The second kappa shape index (κ2) is 26.4. The molecule has 0 bridgehead atoms. The number of nitrogens with zero attached hydrogens (tertiary/aromatic N) is 4. The molecule has 2 heterocycles. The number of urea groups is 1. The van der Waals surface area contributed by atoms with Crippen LogP contribution in [0, 0.1) is 34.7 Å². The number of anilines is 1. The molecule has 75 heavy (non-hydrogen) atoms. The van der Waals surface area contributed by atoms with Crippen LogP contribution in [0.15, 0.2) is 72.9 Å². The summed E-state index contributed by atoms with van der Waals surface area (Å²) in [5.74, 6) is -5.85. The van der Waals surface area contributed by atoms with Crippen molar-refractivity contribution in [3.63, 3.8) is 0 Å². The summed E-state index contributed by atoms with van der Waals surface area (Å²) < 4.78 is 67.5. The maximum absolute atomic E-state index is 16.1. The predicted octanol–water partition coefficient (Wildman–Crippen LogP) is 4.61. The molecule has 4 aromatic rings. The first-order valence-corrected chi connectivity index (χ1v) is 24.7. The number of primary amides is 1. The first-order chi connectivity index (χ1) is 35.4. The fourth-order valence-electron chi connectivity index (χ4n) is 8.70. The highest BCUT2D eigenvalue weighted by Gasteiger charge is 2.44. The highest BCUT2D eigenvalue weighted by atomic mass is 19.1. The zero-order chi connectivity index (χ0) is 55.3. The number of rotatable bonds is 23. The van der Waals surface area contributed by atoms with Crippen LogP contribution in [0.2, 0.25) is 0 Å². The molecule has 1 aliphatic rings. The number of ether oxygens (including phenoxy) is 1. The van der Waals surface area contributed by atoms with E-state index in [9.17, 15) is 42.7 Å². The van der Waals surface area contributed by atoms with Crippen LogP contribution in [-0.2, 0) is 37.1 Å². The molecule has 0 aliphatic carbocycles. The minimum absolute atomic E-state index is 0.0116. The van der Waals surface area contributed by atoms with E-state index in [1.165, 1.54) is 48.4 Å². The van der Waals surface area contributed by atoms with Gasteiger partial charge in [0.05, 0.1) is 24.3 Å². The summed E-state index contributed by atoms with van der Waals surface area (Å²) in [5.41, 5.74) is 16.8. The molecular formula is C52H69F4N11O8. The SMILES string of the molecule is CC(C)[C@H](NC(=O)[C@H](N)CCN)C(=O)N[C@@H](CCCNC(N)=O)C(=O)Nc1ccc(COC(=O)N2C[C@@H](CN(C(=O)[C@H](C)O)[C@@H](c3nc(-c4cc(F)ccc4F)cn3Cc3cccc(F)c3)C(C)(C)C)[C@@H](F)C2)cc1. The molecule has 1 aromatic heterocycles. The number of alkyl halides is 1. The smallest absolute Gasteiger partial charge is 0.410 e. The van der Waals surface area contributed by atoms with Crippen molar-refractivity contribution in [3.05, 3.63) is 107 Å². The number of nitrogens with one attached hydrogen (secondary N) is 4. The second-order valence-corrected chi connectivity index (χ2v) is 20.1. The van der Waals surface area contributed by atoms with Crippen LogP contribution in [0.25, 0.3) is 11.3 Å². The largest absolute Gasteiger partial charge is 0.445 e. The molecule has 0 radical (unpaired) electrons. The number of carbonyl (C=O) groups excluding carboxylic acids is 6. The van der Waals surface area contributed by atoms with Gasteiger partial charge >= 0.3 is 12.1 Å². The maximum Gasteiger partial charge on any atom is 0.410 e. The number of imidazole rings is 1. The van der Waals surface area contributed by atoms with Crippen molar-refractivity contribution in [2.75, 3.05) is 38.0 Å². The Balaban J connectivity index is 1.28. The van der Waals surface area contributed by atoms with Gasteiger partial charge in [-0.25, -0.2) is 32.1 Å². The third-order valence-corrected chi connectivity index (χ3v) is 12.6. The van der Waals surface area contributed by atoms with Gasteiger partial charge in [0.1, 0.15) is 54.2 Å². The van der Waals surface area contributed by atoms with E-state index in [4.69, 9.17) is 26.9 Å². The molecular weight excluding hydrogens is 983 g/mol. The Kier molecular flexibility index (Phi) is 20.7. The number of aliphatic hydroxyl groups excluding tert-OH is 1. The normalized spacial score (nSPS) is 16.6. The van der Waals surface area contributed by atoms with Gasteiger partial charge in [0.2, 0.25) is 17.7 Å². The molecule has 7 amide bonds. The number of amides is 7. The van der Waals surface area contributed by atoms with E-state index in [0.29, 0.717) is 16.8 Å². The monoisotopic (exact) mass is 1050 g/mol. The van der Waals surface area contributed by atoms with Gasteiger partial charge in [0, 0.05) is 49.5 Å². The third-order valence-electron chi connectivity index (χ3n) is 12.6. The molecule has 3 aromatic carbocycles. The molecule has 5 rings (SSSR count). The number of carbonyl (C=O) groups is 6. The van der Waals surface area contributed by atoms with Gasteiger partial charge in [0.15, 0.2) is 0 Å². The quantitative estimate of drug-likeness (QED) is 0.0375. The highest BCUT2D eigenvalue weighted by Crippen LogP contribution is 2.41. The molecule has 0 unspecified atom stereocenters. The standard InChI is InChI=1S/C52H69F4N11O8/c1-29(2)43(64-46(69)40(58)18-19-57)48(71)63-41(11-8-20-60-50(59)73)47(70)61-36-15-12-31(13-16-36)28-75-51(74)66-24-33(39(56)26-66)25-67(49(72)30(3)68)44(52(4,5)6)45-62-42(37-22-35(54)14-17-38(37)55)27-65(45)23-32-9-7-10-34(53)21-32/h7,9-10,12-17,21-22,27,29-30,33,39-41,43-44,68H,8,11,18-20,23-26,28,57-58H2,1-6H3,(H,61,70)(H,63,71)(H,64,69)(H3,59,60,73)/t30-,33-,39-,40+,41-,43-,44-/m0/s1. The van der Waals surface area contributed by atoms with Crippen molar-refractivity contribution < 1.29 is 56.2 Å². The van der Waals surface area contributed by atoms with Gasteiger partial charge in [0.25, 0.3) is 5.91 Å². The summed E-state index contributed by atoms with van der Waals surface area (Å²) in [6, 6.07) is 9.93. The number of likely N-dealkylation sites (tertiary alicyclic amines) is 1. The van der Waals surface area contributed by atoms with Gasteiger partial charge in [-0.05, 0) is 97.7 Å². The minimum atomic E-state index is -1.66.